The van der Waals surface area contributed by atoms with Gasteiger partial charge in [0, 0.05) is 45.3 Å². The third-order valence-electron chi connectivity index (χ3n) is 6.43. The van der Waals surface area contributed by atoms with Crippen LogP contribution in [0.1, 0.15) is 69.5 Å². The van der Waals surface area contributed by atoms with Crippen molar-refractivity contribution >= 4 is 25.2 Å². The van der Waals surface area contributed by atoms with Crippen LogP contribution in [0.15, 0.2) is 12.3 Å². The predicted molar refractivity (Wildman–Crippen MR) is 133 cm³/mol. The second-order valence-corrected chi connectivity index (χ2v) is 17.5. The molecule has 4 rings (SSSR count). The number of hydrogen-bond acceptors (Lipinski definition) is 5. The lowest BCUT2D eigenvalue weighted by Crippen LogP contribution is -2.41. The number of amides is 1. The van der Waals surface area contributed by atoms with Crippen LogP contribution in [0.4, 0.5) is 4.79 Å². The van der Waals surface area contributed by atoms with Crippen molar-refractivity contribution in [2.24, 2.45) is 0 Å². The quantitative estimate of drug-likeness (QED) is 0.380. The Labute approximate surface area is 198 Å². The molecule has 0 aromatic carbocycles. The van der Waals surface area contributed by atoms with Crippen LogP contribution in [0.25, 0.3) is 11.0 Å². The minimum Gasteiger partial charge on any atom is -0.444 e. The van der Waals surface area contributed by atoms with Crippen LogP contribution in [0, 0.1) is 0 Å². The average molecular weight is 473 g/mol. The molecule has 0 bridgehead atoms. The molecule has 0 unspecified atom stereocenters. The van der Waals surface area contributed by atoms with Crippen LogP contribution in [0.2, 0.25) is 25.7 Å². The molecule has 2 aromatic rings. The SMILES string of the molecule is CC(C)(C)OC(=O)N1CCC(c2nn(COCC[Si](C)(C)C)c3ncc(C4CC4)cc23)CC1. The van der Waals surface area contributed by atoms with Crippen molar-refractivity contribution in [1.82, 2.24) is 19.7 Å². The Bertz CT molecular complexity index is 980. The molecule has 0 spiro atoms. The molecule has 2 aliphatic rings. The van der Waals surface area contributed by atoms with E-state index in [-0.39, 0.29) is 6.09 Å². The third kappa shape index (κ3) is 6.35. The topological polar surface area (TPSA) is 69.5 Å². The highest BCUT2D eigenvalue weighted by Gasteiger charge is 2.31. The van der Waals surface area contributed by atoms with Crippen LogP contribution < -0.4 is 0 Å². The fraction of sp³-hybridized carbons (Fsp3) is 0.720. The Kier molecular flexibility index (Phi) is 6.87. The number of aromatic nitrogens is 3. The lowest BCUT2D eigenvalue weighted by Gasteiger charge is -2.33. The van der Waals surface area contributed by atoms with Crippen LogP contribution >= 0.6 is 0 Å². The second kappa shape index (κ2) is 9.37. The zero-order valence-corrected chi connectivity index (χ0v) is 22.2. The first-order chi connectivity index (χ1) is 15.5. The molecule has 1 saturated carbocycles. The van der Waals surface area contributed by atoms with Crippen LogP contribution in [-0.4, -0.2) is 59.1 Å². The molecule has 0 atom stereocenters. The van der Waals surface area contributed by atoms with E-state index in [1.54, 1.807) is 0 Å². The van der Waals surface area contributed by atoms with Gasteiger partial charge in [-0.05, 0) is 70.0 Å². The van der Waals surface area contributed by atoms with E-state index in [1.165, 1.54) is 18.4 Å². The van der Waals surface area contributed by atoms with Gasteiger partial charge in [0.2, 0.25) is 0 Å². The first-order valence-electron chi connectivity index (χ1n) is 12.4. The first-order valence-corrected chi connectivity index (χ1v) is 16.1. The van der Waals surface area contributed by atoms with Crippen molar-refractivity contribution in [3.63, 3.8) is 0 Å². The summed E-state index contributed by atoms with van der Waals surface area (Å²) in [5, 5.41) is 6.16. The Morgan fingerprint density at radius 1 is 1.12 bits per heavy atom. The number of pyridine rings is 1. The summed E-state index contributed by atoms with van der Waals surface area (Å²) in [7, 11) is -1.13. The normalized spacial score (nSPS) is 18.2. The Morgan fingerprint density at radius 2 is 1.82 bits per heavy atom. The van der Waals surface area contributed by atoms with E-state index in [9.17, 15) is 4.79 Å². The fourth-order valence-electron chi connectivity index (χ4n) is 4.32. The van der Waals surface area contributed by atoms with Crippen molar-refractivity contribution in [2.75, 3.05) is 19.7 Å². The number of rotatable bonds is 7. The molecule has 182 valence electrons. The maximum absolute atomic E-state index is 12.5. The van der Waals surface area contributed by atoms with E-state index in [4.69, 9.17) is 19.6 Å². The highest BCUT2D eigenvalue weighted by molar-refractivity contribution is 6.76. The highest BCUT2D eigenvalue weighted by Crippen LogP contribution is 2.41. The number of ether oxygens (including phenoxy) is 2. The second-order valence-electron chi connectivity index (χ2n) is 11.9. The smallest absolute Gasteiger partial charge is 0.410 e. The summed E-state index contributed by atoms with van der Waals surface area (Å²) in [6.45, 7) is 15.4. The number of hydrogen-bond donors (Lipinski definition) is 0. The van der Waals surface area contributed by atoms with E-state index in [0.29, 0.717) is 31.7 Å². The number of piperidine rings is 1. The Balaban J connectivity index is 1.49. The minimum atomic E-state index is -1.13. The number of nitrogens with zero attached hydrogens (tertiary/aromatic N) is 4. The molecule has 33 heavy (non-hydrogen) atoms. The maximum Gasteiger partial charge on any atom is 0.410 e. The molecule has 7 nitrogen and oxygen atoms in total. The average Bonchev–Trinajstić information content (AvgIpc) is 3.51. The zero-order valence-electron chi connectivity index (χ0n) is 21.2. The summed E-state index contributed by atoms with van der Waals surface area (Å²) < 4.78 is 13.5. The van der Waals surface area contributed by atoms with Crippen molar-refractivity contribution in [2.45, 2.75) is 96.3 Å². The standard InChI is InChI=1S/C25H40N4O3Si/c1-25(2,3)32-24(30)28-11-9-19(10-12-28)22-21-15-20(18-7-8-18)16-26-23(21)29(27-22)17-31-13-14-33(4,5)6/h15-16,18-19H,7-14,17H2,1-6H3. The molecular formula is C25H40N4O3Si. The van der Waals surface area contributed by atoms with E-state index in [1.807, 2.05) is 36.5 Å². The molecule has 1 amide bonds. The summed E-state index contributed by atoms with van der Waals surface area (Å²) in [4.78, 5) is 19.1. The molecule has 3 heterocycles. The number of likely N-dealkylation sites (tertiary alicyclic amines) is 1. The van der Waals surface area contributed by atoms with Gasteiger partial charge in [-0.25, -0.2) is 14.5 Å². The van der Waals surface area contributed by atoms with E-state index >= 15 is 0 Å². The Morgan fingerprint density at radius 3 is 2.42 bits per heavy atom. The molecule has 1 aliphatic carbocycles. The molecule has 2 aromatic heterocycles. The van der Waals surface area contributed by atoms with Crippen molar-refractivity contribution < 1.29 is 14.3 Å². The highest BCUT2D eigenvalue weighted by atomic mass is 28.3. The number of fused-ring (bicyclic) bond motifs is 1. The van der Waals surface area contributed by atoms with Crippen molar-refractivity contribution in [3.05, 3.63) is 23.5 Å². The van der Waals surface area contributed by atoms with E-state index in [0.717, 1.165) is 42.2 Å². The summed E-state index contributed by atoms with van der Waals surface area (Å²) >= 11 is 0. The van der Waals surface area contributed by atoms with Crippen LogP contribution in [0.3, 0.4) is 0 Å². The summed E-state index contributed by atoms with van der Waals surface area (Å²) in [6.07, 6.45) is 6.08. The number of carbonyl (C=O) groups is 1. The monoisotopic (exact) mass is 472 g/mol. The molecule has 8 heteroatoms. The summed E-state index contributed by atoms with van der Waals surface area (Å²) in [5.41, 5.74) is 2.88. The van der Waals surface area contributed by atoms with Crippen LogP contribution in [-0.2, 0) is 16.2 Å². The van der Waals surface area contributed by atoms with Crippen molar-refractivity contribution in [3.8, 4) is 0 Å². The van der Waals surface area contributed by atoms with Gasteiger partial charge in [-0.1, -0.05) is 19.6 Å². The van der Waals surface area contributed by atoms with Gasteiger partial charge in [0.25, 0.3) is 0 Å². The summed E-state index contributed by atoms with van der Waals surface area (Å²) in [5.74, 6) is 0.964. The number of carbonyl (C=O) groups excluding carboxylic acids is 1. The third-order valence-corrected chi connectivity index (χ3v) is 8.13. The van der Waals surface area contributed by atoms with Crippen LogP contribution in [0.5, 0.6) is 0 Å². The van der Waals surface area contributed by atoms with E-state index in [2.05, 4.69) is 25.7 Å². The maximum atomic E-state index is 12.5. The molecule has 1 saturated heterocycles. The molecule has 0 N–H and O–H groups in total. The predicted octanol–water partition coefficient (Wildman–Crippen LogP) is 5.74. The fourth-order valence-corrected chi connectivity index (χ4v) is 5.08. The van der Waals surface area contributed by atoms with Gasteiger partial charge in [-0.3, -0.25) is 0 Å². The van der Waals surface area contributed by atoms with Gasteiger partial charge in [-0.2, -0.15) is 5.10 Å². The Hall–Kier alpha value is -1.93. The van der Waals surface area contributed by atoms with Gasteiger partial charge in [0.15, 0.2) is 5.65 Å². The van der Waals surface area contributed by atoms with Gasteiger partial charge in [-0.15, -0.1) is 0 Å². The lowest BCUT2D eigenvalue weighted by atomic mass is 9.92. The molecule has 2 fully saturated rings. The molecule has 1 aliphatic heterocycles. The van der Waals surface area contributed by atoms with Gasteiger partial charge < -0.3 is 14.4 Å². The lowest BCUT2D eigenvalue weighted by molar-refractivity contribution is 0.0204. The molecule has 0 radical (unpaired) electrons. The van der Waals surface area contributed by atoms with Crippen molar-refractivity contribution in [1.29, 1.82) is 0 Å². The largest absolute Gasteiger partial charge is 0.444 e. The zero-order chi connectivity index (χ0) is 23.8. The van der Waals surface area contributed by atoms with Gasteiger partial charge >= 0.3 is 6.09 Å². The van der Waals surface area contributed by atoms with E-state index < -0.39 is 13.7 Å². The minimum absolute atomic E-state index is 0.218. The van der Waals surface area contributed by atoms with Gasteiger partial charge in [0.1, 0.15) is 12.3 Å². The first kappa shape index (κ1) is 24.2. The summed E-state index contributed by atoms with van der Waals surface area (Å²) in [6, 6.07) is 3.45. The van der Waals surface area contributed by atoms with Gasteiger partial charge in [0.05, 0.1) is 5.69 Å². The molecular weight excluding hydrogens is 432 g/mol.